The lowest BCUT2D eigenvalue weighted by molar-refractivity contribution is -0.148. The minimum Gasteiger partial charge on any atom is -0.394 e. The summed E-state index contributed by atoms with van der Waals surface area (Å²) in [5, 5.41) is 49.1. The molecule has 0 bridgehead atoms. The van der Waals surface area contributed by atoms with Crippen molar-refractivity contribution in [2.45, 2.75) is 95.5 Å². The third-order valence-corrected chi connectivity index (χ3v) is 4.68. The number of aliphatic hydroxyl groups excluding tert-OH is 5. The second kappa shape index (κ2) is 18.3. The fourth-order valence-electron chi connectivity index (χ4n) is 2.78. The number of carbonyl (C=O) groups is 1. The van der Waals surface area contributed by atoms with Gasteiger partial charge in [0, 0.05) is 19.8 Å². The molecule has 0 aromatic heterocycles. The van der Waals surface area contributed by atoms with Gasteiger partial charge in [0.1, 0.15) is 18.3 Å². The lowest BCUT2D eigenvalue weighted by atomic mass is 10.0. The molecule has 8 nitrogen and oxygen atoms in total. The third kappa shape index (κ3) is 13.4. The molecule has 0 aliphatic heterocycles. The van der Waals surface area contributed by atoms with Crippen LogP contribution in [-0.2, 0) is 9.53 Å². The van der Waals surface area contributed by atoms with Crippen LogP contribution in [0.1, 0.15) is 71.1 Å². The molecule has 0 heterocycles. The molecule has 0 unspecified atom stereocenters. The molecule has 0 spiro atoms. The number of ether oxygens (including phenoxy) is 1. The van der Waals surface area contributed by atoms with Gasteiger partial charge in [-0.05, 0) is 12.8 Å². The van der Waals surface area contributed by atoms with Crippen LogP contribution < -0.4 is 5.32 Å². The lowest BCUT2D eigenvalue weighted by Crippen LogP contribution is -2.51. The van der Waals surface area contributed by atoms with Crippen LogP contribution in [0.15, 0.2) is 0 Å². The molecule has 0 aromatic rings. The quantitative estimate of drug-likeness (QED) is 0.171. The Kier molecular flexibility index (Phi) is 17.8. The van der Waals surface area contributed by atoms with Crippen LogP contribution >= 0.6 is 0 Å². The fraction of sp³-hybridized carbons (Fsp3) is 0.950. The van der Waals surface area contributed by atoms with Crippen molar-refractivity contribution in [2.75, 3.05) is 26.4 Å². The maximum absolute atomic E-state index is 11.7. The van der Waals surface area contributed by atoms with Gasteiger partial charge in [-0.3, -0.25) is 4.79 Å². The molecule has 6 N–H and O–H groups in total. The Morgan fingerprint density at radius 2 is 1.36 bits per heavy atom. The number of carbonyl (C=O) groups excluding carboxylic acids is 1. The van der Waals surface area contributed by atoms with Crippen molar-refractivity contribution >= 4 is 5.91 Å². The Hall–Kier alpha value is -0.770. The third-order valence-electron chi connectivity index (χ3n) is 4.68. The summed E-state index contributed by atoms with van der Waals surface area (Å²) >= 11 is 0. The van der Waals surface area contributed by atoms with Crippen LogP contribution in [0.5, 0.6) is 0 Å². The highest BCUT2D eigenvalue weighted by Crippen LogP contribution is 2.09. The van der Waals surface area contributed by atoms with Crippen LogP contribution in [0.3, 0.4) is 0 Å². The molecule has 0 saturated heterocycles. The molecule has 0 aliphatic carbocycles. The molecule has 0 fully saturated rings. The van der Waals surface area contributed by atoms with E-state index in [1.165, 1.54) is 44.9 Å². The van der Waals surface area contributed by atoms with Crippen molar-refractivity contribution in [3.05, 3.63) is 0 Å². The van der Waals surface area contributed by atoms with Crippen LogP contribution in [0, 0.1) is 0 Å². The predicted molar refractivity (Wildman–Crippen MR) is 107 cm³/mol. The topological polar surface area (TPSA) is 139 Å². The Morgan fingerprint density at radius 1 is 0.821 bits per heavy atom. The first kappa shape index (κ1) is 27.2. The maximum atomic E-state index is 11.7. The molecule has 0 saturated carbocycles. The number of hydrogen-bond acceptors (Lipinski definition) is 7. The Labute approximate surface area is 168 Å². The number of amides is 1. The van der Waals surface area contributed by atoms with Crippen LogP contribution in [0.2, 0.25) is 0 Å². The monoisotopic (exact) mass is 407 g/mol. The minimum atomic E-state index is -1.89. The van der Waals surface area contributed by atoms with E-state index in [0.717, 1.165) is 12.8 Å². The van der Waals surface area contributed by atoms with E-state index in [1.807, 2.05) is 0 Å². The first-order valence-corrected chi connectivity index (χ1v) is 10.6. The van der Waals surface area contributed by atoms with Gasteiger partial charge >= 0.3 is 0 Å². The number of hydrogen-bond donors (Lipinski definition) is 6. The zero-order valence-electron chi connectivity index (χ0n) is 17.3. The Bertz CT molecular complexity index is 370. The molecule has 0 rings (SSSR count). The second-order valence-electron chi connectivity index (χ2n) is 7.26. The minimum absolute atomic E-state index is 0.263. The van der Waals surface area contributed by atoms with Gasteiger partial charge in [0.15, 0.2) is 6.10 Å². The summed E-state index contributed by atoms with van der Waals surface area (Å²) in [5.74, 6) is -0.851. The number of nitrogens with one attached hydrogen (secondary N) is 1. The summed E-state index contributed by atoms with van der Waals surface area (Å²) in [6.45, 7) is 2.88. The van der Waals surface area contributed by atoms with Crippen LogP contribution in [0.4, 0.5) is 0 Å². The van der Waals surface area contributed by atoms with Gasteiger partial charge in [-0.15, -0.1) is 0 Å². The summed E-state index contributed by atoms with van der Waals surface area (Å²) in [6.07, 6.45) is 4.67. The molecular weight excluding hydrogens is 366 g/mol. The van der Waals surface area contributed by atoms with E-state index in [9.17, 15) is 25.2 Å². The average molecular weight is 408 g/mol. The summed E-state index contributed by atoms with van der Waals surface area (Å²) in [4.78, 5) is 11.7. The van der Waals surface area contributed by atoms with E-state index in [4.69, 9.17) is 9.84 Å². The number of rotatable bonds is 19. The van der Waals surface area contributed by atoms with E-state index in [-0.39, 0.29) is 6.54 Å². The number of unbranched alkanes of at least 4 members (excludes halogenated alkanes) is 8. The fourth-order valence-corrected chi connectivity index (χ4v) is 2.78. The lowest BCUT2D eigenvalue weighted by Gasteiger charge is -2.24. The Balaban J connectivity index is 3.54. The van der Waals surface area contributed by atoms with Crippen LogP contribution in [0.25, 0.3) is 0 Å². The molecule has 1 amide bonds. The molecule has 28 heavy (non-hydrogen) atoms. The van der Waals surface area contributed by atoms with Gasteiger partial charge in [-0.25, -0.2) is 0 Å². The predicted octanol–water partition coefficient (Wildman–Crippen LogP) is 0.476. The van der Waals surface area contributed by atoms with Crippen molar-refractivity contribution in [3.63, 3.8) is 0 Å². The van der Waals surface area contributed by atoms with Crippen molar-refractivity contribution in [3.8, 4) is 0 Å². The van der Waals surface area contributed by atoms with Gasteiger partial charge in [-0.2, -0.15) is 0 Å². The smallest absolute Gasteiger partial charge is 0.251 e. The van der Waals surface area contributed by atoms with E-state index in [1.54, 1.807) is 0 Å². The summed E-state index contributed by atoms with van der Waals surface area (Å²) in [6, 6.07) is 0. The SMILES string of the molecule is CCCCCCCCCCCOCCCNC(=O)[C@H](O)[C@@H](O)[C@H](O)[C@H](O)CO. The second-order valence-corrected chi connectivity index (χ2v) is 7.26. The number of aliphatic hydroxyl groups is 5. The van der Waals surface area contributed by atoms with Gasteiger partial charge in [0.2, 0.25) is 0 Å². The summed E-state index contributed by atoms with van der Waals surface area (Å²) in [7, 11) is 0. The molecule has 4 atom stereocenters. The molecule has 0 aromatic carbocycles. The van der Waals surface area contributed by atoms with Crippen molar-refractivity contribution < 1.29 is 35.1 Å². The Morgan fingerprint density at radius 3 is 1.93 bits per heavy atom. The highest BCUT2D eigenvalue weighted by Gasteiger charge is 2.33. The van der Waals surface area contributed by atoms with Gasteiger partial charge in [0.05, 0.1) is 6.61 Å². The van der Waals surface area contributed by atoms with Crippen molar-refractivity contribution in [1.82, 2.24) is 5.32 Å². The molecule has 0 radical (unpaired) electrons. The average Bonchev–Trinajstić information content (AvgIpc) is 2.71. The molecule has 0 aliphatic rings. The normalized spacial score (nSPS) is 15.8. The van der Waals surface area contributed by atoms with Gasteiger partial charge in [0.25, 0.3) is 5.91 Å². The summed E-state index contributed by atoms with van der Waals surface area (Å²) < 4.78 is 5.50. The first-order valence-electron chi connectivity index (χ1n) is 10.6. The molecule has 8 heteroatoms. The van der Waals surface area contributed by atoms with Gasteiger partial charge < -0.3 is 35.6 Å². The summed E-state index contributed by atoms with van der Waals surface area (Å²) in [5.41, 5.74) is 0. The zero-order chi connectivity index (χ0) is 21.2. The van der Waals surface area contributed by atoms with E-state index in [2.05, 4.69) is 12.2 Å². The van der Waals surface area contributed by atoms with E-state index >= 15 is 0 Å². The van der Waals surface area contributed by atoms with Crippen LogP contribution in [-0.4, -0.2) is 82.2 Å². The molecular formula is C20H41NO7. The van der Waals surface area contributed by atoms with E-state index < -0.39 is 36.9 Å². The first-order chi connectivity index (χ1) is 13.5. The highest BCUT2D eigenvalue weighted by atomic mass is 16.5. The van der Waals surface area contributed by atoms with E-state index in [0.29, 0.717) is 19.6 Å². The van der Waals surface area contributed by atoms with Crippen molar-refractivity contribution in [1.29, 1.82) is 0 Å². The van der Waals surface area contributed by atoms with Crippen molar-refractivity contribution in [2.24, 2.45) is 0 Å². The largest absolute Gasteiger partial charge is 0.394 e. The van der Waals surface area contributed by atoms with Gasteiger partial charge in [-0.1, -0.05) is 58.3 Å². The highest BCUT2D eigenvalue weighted by molar-refractivity contribution is 5.81. The standard InChI is InChI=1S/C20H41NO7/c1-2-3-4-5-6-7-8-9-10-13-28-14-11-12-21-20(27)19(26)18(25)17(24)16(23)15-22/h16-19,22-26H,2-15H2,1H3,(H,21,27)/t16-,17-,18+,19-/m1/s1. The maximum Gasteiger partial charge on any atom is 0.251 e. The zero-order valence-corrected chi connectivity index (χ0v) is 17.3. The molecule has 168 valence electrons.